The lowest BCUT2D eigenvalue weighted by molar-refractivity contribution is 0.518. The Morgan fingerprint density at radius 3 is 2.44 bits per heavy atom. The number of hydrogen-bond donors (Lipinski definition) is 1. The van der Waals surface area contributed by atoms with Crippen LogP contribution in [0.5, 0.6) is 0 Å². The molecule has 4 nitrogen and oxygen atoms in total. The Kier molecular flexibility index (Phi) is 5.31. The molecule has 0 heterocycles. The number of nitrogens with one attached hydrogen (secondary N) is 1. The third-order valence-corrected chi connectivity index (χ3v) is 4.71. The van der Waals surface area contributed by atoms with Gasteiger partial charge in [-0.05, 0) is 30.7 Å². The molecule has 1 atom stereocenters. The molecule has 18 heavy (non-hydrogen) atoms. The summed E-state index contributed by atoms with van der Waals surface area (Å²) in [5.74, 6) is 0. The van der Waals surface area contributed by atoms with Crippen molar-refractivity contribution in [3.05, 3.63) is 29.8 Å². The summed E-state index contributed by atoms with van der Waals surface area (Å²) in [6.45, 7) is 4.99. The van der Waals surface area contributed by atoms with Crippen molar-refractivity contribution in [1.82, 2.24) is 9.62 Å². The summed E-state index contributed by atoms with van der Waals surface area (Å²) in [6.07, 6.45) is 0.930. The Morgan fingerprint density at radius 2 is 1.94 bits per heavy atom. The predicted octanol–water partition coefficient (Wildman–Crippen LogP) is 2.00. The fourth-order valence-corrected chi connectivity index (χ4v) is 2.80. The predicted molar refractivity (Wildman–Crippen MR) is 74.0 cm³/mol. The van der Waals surface area contributed by atoms with Crippen LogP contribution in [0.15, 0.2) is 29.2 Å². The third-order valence-electron chi connectivity index (χ3n) is 2.90. The molecule has 5 heteroatoms. The molecule has 0 saturated heterocycles. The first-order chi connectivity index (χ1) is 8.43. The van der Waals surface area contributed by atoms with E-state index in [0.717, 1.165) is 18.5 Å². The molecule has 1 rings (SSSR count). The van der Waals surface area contributed by atoms with Crippen LogP contribution in [0.3, 0.4) is 0 Å². The third kappa shape index (κ3) is 3.31. The van der Waals surface area contributed by atoms with Crippen LogP contribution in [-0.2, 0) is 10.0 Å². The molecule has 1 aromatic carbocycles. The van der Waals surface area contributed by atoms with Gasteiger partial charge in [-0.15, -0.1) is 0 Å². The molecule has 1 N–H and O–H groups in total. The van der Waals surface area contributed by atoms with Gasteiger partial charge in [0.1, 0.15) is 0 Å². The van der Waals surface area contributed by atoms with Gasteiger partial charge in [0, 0.05) is 20.1 Å². The first kappa shape index (κ1) is 15.1. The maximum atomic E-state index is 12.1. The summed E-state index contributed by atoms with van der Waals surface area (Å²) in [5, 5.41) is 3.35. The Balaban J connectivity index is 3.13. The lowest BCUT2D eigenvalue weighted by atomic mass is 10.0. The van der Waals surface area contributed by atoms with Crippen LogP contribution < -0.4 is 5.32 Å². The standard InChI is InChI=1S/C13H22N2O2S/c1-5-13(14-6-2)11-8-7-9-12(10-11)18(16,17)15(3)4/h7-10,13-14H,5-6H2,1-4H3. The average molecular weight is 270 g/mol. The van der Waals surface area contributed by atoms with Crippen molar-refractivity contribution in [3.8, 4) is 0 Å². The molecular formula is C13H22N2O2S. The van der Waals surface area contributed by atoms with Crippen molar-refractivity contribution < 1.29 is 8.42 Å². The van der Waals surface area contributed by atoms with E-state index in [1.54, 1.807) is 32.3 Å². The summed E-state index contributed by atoms with van der Waals surface area (Å²) in [7, 11) is -0.260. The highest BCUT2D eigenvalue weighted by atomic mass is 32.2. The van der Waals surface area contributed by atoms with E-state index in [1.807, 2.05) is 13.0 Å². The molecule has 0 radical (unpaired) electrons. The zero-order chi connectivity index (χ0) is 13.8. The molecule has 0 aliphatic carbocycles. The summed E-state index contributed by atoms with van der Waals surface area (Å²) in [5.41, 5.74) is 1.02. The van der Waals surface area contributed by atoms with E-state index in [2.05, 4.69) is 12.2 Å². The first-order valence-corrected chi connectivity index (χ1v) is 7.63. The minimum Gasteiger partial charge on any atom is -0.310 e. The highest BCUT2D eigenvalue weighted by Crippen LogP contribution is 2.21. The topological polar surface area (TPSA) is 49.4 Å². The maximum absolute atomic E-state index is 12.1. The molecule has 1 aromatic rings. The minimum atomic E-state index is -3.35. The molecule has 1 unspecified atom stereocenters. The molecule has 0 aliphatic heterocycles. The summed E-state index contributed by atoms with van der Waals surface area (Å²) in [6, 6.07) is 7.35. The average Bonchev–Trinajstić information content (AvgIpc) is 2.35. The van der Waals surface area contributed by atoms with Crippen molar-refractivity contribution in [1.29, 1.82) is 0 Å². The van der Waals surface area contributed by atoms with Gasteiger partial charge in [0.2, 0.25) is 10.0 Å². The molecule has 102 valence electrons. The highest BCUT2D eigenvalue weighted by molar-refractivity contribution is 7.89. The Labute approximate surface area is 110 Å². The second-order valence-corrected chi connectivity index (χ2v) is 6.53. The minimum absolute atomic E-state index is 0.201. The van der Waals surface area contributed by atoms with Gasteiger partial charge in [-0.2, -0.15) is 0 Å². The molecule has 0 saturated carbocycles. The summed E-state index contributed by atoms with van der Waals surface area (Å²) < 4.78 is 25.4. The van der Waals surface area contributed by atoms with E-state index in [4.69, 9.17) is 0 Å². The van der Waals surface area contributed by atoms with Crippen LogP contribution in [0, 0.1) is 0 Å². The van der Waals surface area contributed by atoms with Gasteiger partial charge in [-0.1, -0.05) is 26.0 Å². The molecule has 0 aromatic heterocycles. The zero-order valence-electron chi connectivity index (χ0n) is 11.5. The van der Waals surface area contributed by atoms with Gasteiger partial charge in [0.15, 0.2) is 0 Å². The molecule has 0 bridgehead atoms. The number of benzene rings is 1. The van der Waals surface area contributed by atoms with E-state index < -0.39 is 10.0 Å². The van der Waals surface area contributed by atoms with Gasteiger partial charge >= 0.3 is 0 Å². The van der Waals surface area contributed by atoms with Gasteiger partial charge in [0.25, 0.3) is 0 Å². The monoisotopic (exact) mass is 270 g/mol. The second-order valence-electron chi connectivity index (χ2n) is 4.38. The highest BCUT2D eigenvalue weighted by Gasteiger charge is 2.18. The number of sulfonamides is 1. The Bertz CT molecular complexity index is 484. The largest absolute Gasteiger partial charge is 0.310 e. The maximum Gasteiger partial charge on any atom is 0.242 e. The van der Waals surface area contributed by atoms with Gasteiger partial charge in [-0.25, -0.2) is 12.7 Å². The van der Waals surface area contributed by atoms with Crippen LogP contribution in [0.4, 0.5) is 0 Å². The van der Waals surface area contributed by atoms with Crippen LogP contribution in [-0.4, -0.2) is 33.4 Å². The van der Waals surface area contributed by atoms with E-state index in [1.165, 1.54) is 4.31 Å². The number of nitrogens with zero attached hydrogens (tertiary/aromatic N) is 1. The molecule has 0 fully saturated rings. The van der Waals surface area contributed by atoms with Crippen LogP contribution >= 0.6 is 0 Å². The summed E-state index contributed by atoms with van der Waals surface area (Å²) >= 11 is 0. The fourth-order valence-electron chi connectivity index (χ4n) is 1.85. The summed E-state index contributed by atoms with van der Waals surface area (Å²) in [4.78, 5) is 0.348. The van der Waals surface area contributed by atoms with Crippen molar-refractivity contribution in [2.75, 3.05) is 20.6 Å². The van der Waals surface area contributed by atoms with Gasteiger partial charge in [-0.3, -0.25) is 0 Å². The van der Waals surface area contributed by atoms with E-state index >= 15 is 0 Å². The van der Waals surface area contributed by atoms with Crippen LogP contribution in [0.2, 0.25) is 0 Å². The molecule has 0 aliphatic rings. The van der Waals surface area contributed by atoms with Crippen molar-refractivity contribution in [3.63, 3.8) is 0 Å². The van der Waals surface area contributed by atoms with Gasteiger partial charge in [0.05, 0.1) is 4.90 Å². The van der Waals surface area contributed by atoms with E-state index in [9.17, 15) is 8.42 Å². The Morgan fingerprint density at radius 1 is 1.28 bits per heavy atom. The first-order valence-electron chi connectivity index (χ1n) is 6.19. The van der Waals surface area contributed by atoms with Crippen molar-refractivity contribution >= 4 is 10.0 Å². The molecule has 0 spiro atoms. The zero-order valence-corrected chi connectivity index (χ0v) is 12.3. The van der Waals surface area contributed by atoms with Gasteiger partial charge < -0.3 is 5.32 Å². The quantitative estimate of drug-likeness (QED) is 0.860. The molecule has 0 amide bonds. The van der Waals surface area contributed by atoms with Crippen molar-refractivity contribution in [2.45, 2.75) is 31.2 Å². The number of rotatable bonds is 6. The fraction of sp³-hybridized carbons (Fsp3) is 0.538. The lowest BCUT2D eigenvalue weighted by Crippen LogP contribution is -2.23. The second kappa shape index (κ2) is 6.31. The number of hydrogen-bond acceptors (Lipinski definition) is 3. The molecular weight excluding hydrogens is 248 g/mol. The lowest BCUT2D eigenvalue weighted by Gasteiger charge is -2.18. The smallest absolute Gasteiger partial charge is 0.242 e. The van der Waals surface area contributed by atoms with Crippen LogP contribution in [0.1, 0.15) is 31.9 Å². The van der Waals surface area contributed by atoms with Crippen LogP contribution in [0.25, 0.3) is 0 Å². The van der Waals surface area contributed by atoms with E-state index in [0.29, 0.717) is 4.90 Å². The Hall–Kier alpha value is -0.910. The normalized spacial score (nSPS) is 13.8. The van der Waals surface area contributed by atoms with Crippen molar-refractivity contribution in [2.24, 2.45) is 0 Å². The SMILES string of the molecule is CCNC(CC)c1cccc(S(=O)(=O)N(C)C)c1. The van der Waals surface area contributed by atoms with E-state index in [-0.39, 0.29) is 6.04 Å².